The number of hydrogen-bond donors (Lipinski definition) is 3. The molecule has 0 aliphatic carbocycles. The Morgan fingerprint density at radius 1 is 1.60 bits per heavy atom. The van der Waals surface area contributed by atoms with Crippen LogP contribution in [0.2, 0.25) is 0 Å². The van der Waals surface area contributed by atoms with Gasteiger partial charge >= 0.3 is 35.5 Å². The molecule has 54 valence electrons. The summed E-state index contributed by atoms with van der Waals surface area (Å²) in [6.07, 6.45) is -0.152. The second-order valence-corrected chi connectivity index (χ2v) is 2.19. The summed E-state index contributed by atoms with van der Waals surface area (Å²) in [5.41, 5.74) is 0. The Labute approximate surface area is 80.9 Å². The maximum atomic E-state index is 10.2. The molecule has 1 saturated heterocycles. The molecule has 0 aromatic rings. The average Bonchev–Trinajstić information content (AvgIpc) is 2.14. The van der Waals surface area contributed by atoms with E-state index in [-0.39, 0.29) is 29.6 Å². The molecule has 10 heavy (non-hydrogen) atoms. The summed E-state index contributed by atoms with van der Waals surface area (Å²) in [6.45, 7) is 0.400. The molecule has 0 aromatic carbocycles. The van der Waals surface area contributed by atoms with E-state index in [1.807, 2.05) is 0 Å². The van der Waals surface area contributed by atoms with E-state index in [0.717, 1.165) is 0 Å². The van der Waals surface area contributed by atoms with E-state index in [9.17, 15) is 4.79 Å². The first-order valence-corrected chi connectivity index (χ1v) is 2.84. The van der Waals surface area contributed by atoms with Crippen molar-refractivity contribution < 1.29 is 15.0 Å². The van der Waals surface area contributed by atoms with E-state index in [1.54, 1.807) is 0 Å². The van der Waals surface area contributed by atoms with E-state index < -0.39 is 18.1 Å². The van der Waals surface area contributed by atoms with Crippen LogP contribution in [0.5, 0.6) is 0 Å². The van der Waals surface area contributed by atoms with Crippen molar-refractivity contribution in [3.63, 3.8) is 0 Å². The molecule has 1 rings (SSSR count). The zero-order chi connectivity index (χ0) is 6.85. The number of hydrogen-bond acceptors (Lipinski definition) is 3. The number of aliphatic hydroxyl groups excluding tert-OH is 1. The van der Waals surface area contributed by atoms with Crippen LogP contribution >= 0.6 is 0 Å². The summed E-state index contributed by atoms with van der Waals surface area (Å²) >= 11 is 0. The van der Waals surface area contributed by atoms with Crippen molar-refractivity contribution in [2.75, 3.05) is 6.54 Å². The van der Waals surface area contributed by atoms with Crippen LogP contribution in [0, 0.1) is 0 Å². The fraction of sp³-hybridized carbons (Fsp3) is 0.800. The van der Waals surface area contributed by atoms with Crippen molar-refractivity contribution in [3.05, 3.63) is 0 Å². The van der Waals surface area contributed by atoms with Crippen molar-refractivity contribution in [2.45, 2.75) is 18.6 Å². The molecule has 1 fully saturated rings. The molecule has 0 aromatic heterocycles. The molecule has 1 aliphatic rings. The molecule has 2 atom stereocenters. The summed E-state index contributed by atoms with van der Waals surface area (Å²) < 4.78 is 0. The van der Waals surface area contributed by atoms with Crippen LogP contribution in [0.3, 0.4) is 0 Å². The first kappa shape index (κ1) is 10.4. The Kier molecular flexibility index (Phi) is 4.47. The molecule has 4 nitrogen and oxygen atoms in total. The number of aliphatic carboxylic acids is 1. The number of carboxylic acid groups (broad SMARTS) is 1. The number of carbonyl (C=O) groups is 1. The molecule has 0 spiro atoms. The van der Waals surface area contributed by atoms with E-state index >= 15 is 0 Å². The number of carboxylic acids is 1. The van der Waals surface area contributed by atoms with Crippen LogP contribution in [0.1, 0.15) is 6.42 Å². The maximum absolute atomic E-state index is 10.2. The van der Waals surface area contributed by atoms with E-state index in [0.29, 0.717) is 13.0 Å². The zero-order valence-electron chi connectivity index (χ0n) is 4.87. The van der Waals surface area contributed by atoms with Crippen LogP contribution in [-0.4, -0.2) is 64.4 Å². The molecular formula is C5H10NNaO3. The fourth-order valence-corrected chi connectivity index (χ4v) is 0.905. The second-order valence-electron chi connectivity index (χ2n) is 2.19. The van der Waals surface area contributed by atoms with Crippen molar-refractivity contribution >= 4 is 35.5 Å². The standard InChI is InChI=1S/C5H9NO3.Na.H/c7-3-1-4(5(8)9)6-2-3;;/h3-4,6-7H,1-2H2,(H,8,9);;. The van der Waals surface area contributed by atoms with E-state index in [2.05, 4.69) is 5.32 Å². The molecule has 1 heterocycles. The van der Waals surface area contributed by atoms with E-state index in [4.69, 9.17) is 10.2 Å². The van der Waals surface area contributed by atoms with Crippen LogP contribution in [0.15, 0.2) is 0 Å². The third kappa shape index (κ3) is 2.56. The van der Waals surface area contributed by atoms with Gasteiger partial charge in [-0.25, -0.2) is 0 Å². The first-order chi connectivity index (χ1) is 4.20. The Balaban J connectivity index is 0.000000810. The van der Waals surface area contributed by atoms with Crippen molar-refractivity contribution in [2.24, 2.45) is 0 Å². The van der Waals surface area contributed by atoms with Gasteiger partial charge in [0.05, 0.1) is 6.10 Å². The summed E-state index contributed by atoms with van der Waals surface area (Å²) in [5, 5.41) is 19.8. The zero-order valence-corrected chi connectivity index (χ0v) is 4.87. The SMILES string of the molecule is O=C(O)C1CC(O)CN1.[NaH]. The van der Waals surface area contributed by atoms with E-state index in [1.165, 1.54) is 0 Å². The monoisotopic (exact) mass is 155 g/mol. The summed E-state index contributed by atoms with van der Waals surface area (Å²) in [5.74, 6) is -0.883. The molecular weight excluding hydrogens is 145 g/mol. The number of nitrogens with one attached hydrogen (secondary N) is 1. The Bertz CT molecular complexity index is 130. The van der Waals surface area contributed by atoms with Gasteiger partial charge in [-0.15, -0.1) is 0 Å². The van der Waals surface area contributed by atoms with Gasteiger partial charge in [0.25, 0.3) is 0 Å². The topological polar surface area (TPSA) is 69.6 Å². The van der Waals surface area contributed by atoms with Crippen LogP contribution in [0.25, 0.3) is 0 Å². The summed E-state index contributed by atoms with van der Waals surface area (Å²) in [7, 11) is 0. The van der Waals surface area contributed by atoms with Gasteiger partial charge < -0.3 is 15.5 Å². The van der Waals surface area contributed by atoms with Gasteiger partial charge in [0, 0.05) is 13.0 Å². The Morgan fingerprint density at radius 3 is 2.40 bits per heavy atom. The molecule has 1 aliphatic heterocycles. The Morgan fingerprint density at radius 2 is 2.20 bits per heavy atom. The van der Waals surface area contributed by atoms with Gasteiger partial charge in [0.15, 0.2) is 0 Å². The fourth-order valence-electron chi connectivity index (χ4n) is 0.905. The predicted octanol–water partition coefficient (Wildman–Crippen LogP) is -1.85. The molecule has 5 heteroatoms. The third-order valence-corrected chi connectivity index (χ3v) is 1.41. The minimum absolute atomic E-state index is 0. The second kappa shape index (κ2) is 4.31. The number of rotatable bonds is 1. The Hall–Kier alpha value is 0.390. The van der Waals surface area contributed by atoms with Gasteiger partial charge in [-0.1, -0.05) is 0 Å². The number of aliphatic hydroxyl groups is 1. The van der Waals surface area contributed by atoms with Crippen LogP contribution in [0.4, 0.5) is 0 Å². The molecule has 3 N–H and O–H groups in total. The average molecular weight is 155 g/mol. The normalized spacial score (nSPS) is 31.3. The third-order valence-electron chi connectivity index (χ3n) is 1.41. The molecule has 0 radical (unpaired) electrons. The van der Waals surface area contributed by atoms with Gasteiger partial charge in [0.2, 0.25) is 0 Å². The molecule has 0 amide bonds. The quantitative estimate of drug-likeness (QED) is 0.389. The molecule has 0 bridgehead atoms. The predicted molar refractivity (Wildman–Crippen MR) is 37.2 cm³/mol. The van der Waals surface area contributed by atoms with Gasteiger partial charge in [0.1, 0.15) is 6.04 Å². The van der Waals surface area contributed by atoms with Gasteiger partial charge in [-0.05, 0) is 0 Å². The summed E-state index contributed by atoms with van der Waals surface area (Å²) in [4.78, 5) is 10.2. The van der Waals surface area contributed by atoms with Gasteiger partial charge in [-0.3, -0.25) is 4.79 Å². The molecule has 2 unspecified atom stereocenters. The van der Waals surface area contributed by atoms with Crippen molar-refractivity contribution in [3.8, 4) is 0 Å². The number of β-amino-alcohol motifs (C(OH)–C–C–N with tert-alkyl or cyclic N) is 1. The van der Waals surface area contributed by atoms with Crippen molar-refractivity contribution in [1.29, 1.82) is 0 Å². The molecule has 0 saturated carbocycles. The minimum atomic E-state index is -0.883. The first-order valence-electron chi connectivity index (χ1n) is 2.84. The summed E-state index contributed by atoms with van der Waals surface area (Å²) in [6, 6.07) is -0.542. The van der Waals surface area contributed by atoms with Crippen LogP contribution < -0.4 is 5.32 Å². The van der Waals surface area contributed by atoms with Crippen LogP contribution in [-0.2, 0) is 4.79 Å². The van der Waals surface area contributed by atoms with Crippen molar-refractivity contribution in [1.82, 2.24) is 5.32 Å². The van der Waals surface area contributed by atoms with Gasteiger partial charge in [-0.2, -0.15) is 0 Å².